The van der Waals surface area contributed by atoms with Gasteiger partial charge in [-0.05, 0) is 37.0 Å². The molecule has 1 atom stereocenters. The Morgan fingerprint density at radius 2 is 1.59 bits per heavy atom. The highest BCUT2D eigenvalue weighted by atomic mass is 14.3. The van der Waals surface area contributed by atoms with Crippen LogP contribution in [0.3, 0.4) is 0 Å². The van der Waals surface area contributed by atoms with Crippen LogP contribution in [0.1, 0.15) is 90.4 Å². The van der Waals surface area contributed by atoms with Crippen LogP contribution in [0.2, 0.25) is 0 Å². The van der Waals surface area contributed by atoms with Gasteiger partial charge in [0.05, 0.1) is 0 Å². The third-order valence-electron chi connectivity index (χ3n) is 5.21. The van der Waals surface area contributed by atoms with Crippen molar-refractivity contribution >= 4 is 0 Å². The van der Waals surface area contributed by atoms with Gasteiger partial charge < -0.3 is 0 Å². The lowest BCUT2D eigenvalue weighted by Gasteiger charge is -2.28. The number of rotatable bonds is 5. The van der Waals surface area contributed by atoms with Gasteiger partial charge in [-0.15, -0.1) is 0 Å². The minimum Gasteiger partial charge on any atom is -0.0622 e. The largest absolute Gasteiger partial charge is 0.0622 e. The first-order valence-corrected chi connectivity index (χ1v) is 8.20. The lowest BCUT2D eigenvalue weighted by molar-refractivity contribution is 0.247. The summed E-state index contributed by atoms with van der Waals surface area (Å²) in [5.74, 6) is 3.96. The zero-order valence-corrected chi connectivity index (χ0v) is 11.8. The van der Waals surface area contributed by atoms with E-state index in [1.54, 1.807) is 0 Å². The van der Waals surface area contributed by atoms with Gasteiger partial charge in [-0.25, -0.2) is 0 Å². The van der Waals surface area contributed by atoms with Crippen LogP contribution in [-0.4, -0.2) is 0 Å². The van der Waals surface area contributed by atoms with E-state index < -0.39 is 0 Å². The molecule has 0 heterocycles. The first kappa shape index (κ1) is 13.4. The zero-order chi connectivity index (χ0) is 11.9. The van der Waals surface area contributed by atoms with E-state index in [0.29, 0.717) is 0 Å². The van der Waals surface area contributed by atoms with Crippen LogP contribution in [0.15, 0.2) is 0 Å². The van der Waals surface area contributed by atoms with Crippen molar-refractivity contribution in [2.24, 2.45) is 11.8 Å². The molecule has 0 spiro atoms. The highest BCUT2D eigenvalue weighted by molar-refractivity contribution is 4.92. The first-order valence-electron chi connectivity index (χ1n) is 8.20. The standard InChI is InChI=1S/C17H31/c1-15(17-13-6-3-7-14-17)9-8-12-16-10-4-2-5-11-16/h15,17H,2-14H2,1H3. The van der Waals surface area contributed by atoms with Crippen LogP contribution < -0.4 is 0 Å². The molecule has 2 fully saturated rings. The van der Waals surface area contributed by atoms with E-state index in [9.17, 15) is 0 Å². The molecule has 17 heavy (non-hydrogen) atoms. The molecule has 0 nitrogen and oxygen atoms in total. The van der Waals surface area contributed by atoms with Crippen LogP contribution >= 0.6 is 0 Å². The fourth-order valence-corrected chi connectivity index (χ4v) is 3.91. The van der Waals surface area contributed by atoms with Crippen molar-refractivity contribution in [3.63, 3.8) is 0 Å². The SMILES string of the molecule is CC(CCC[C]1CCCCC1)C1CCCCC1. The number of hydrogen-bond acceptors (Lipinski definition) is 0. The summed E-state index contributed by atoms with van der Waals surface area (Å²) in [7, 11) is 0. The summed E-state index contributed by atoms with van der Waals surface area (Å²) < 4.78 is 0. The molecular weight excluding hydrogens is 204 g/mol. The molecule has 0 heteroatoms. The predicted molar refractivity (Wildman–Crippen MR) is 75.9 cm³/mol. The molecule has 0 saturated heterocycles. The Morgan fingerprint density at radius 3 is 2.29 bits per heavy atom. The predicted octanol–water partition coefficient (Wildman–Crippen LogP) is 5.91. The fourth-order valence-electron chi connectivity index (χ4n) is 3.91. The topological polar surface area (TPSA) is 0 Å². The molecule has 0 aromatic rings. The van der Waals surface area contributed by atoms with Gasteiger partial charge in [0.1, 0.15) is 0 Å². The lowest BCUT2D eigenvalue weighted by Crippen LogP contribution is -2.15. The highest BCUT2D eigenvalue weighted by Gasteiger charge is 2.20. The van der Waals surface area contributed by atoms with Gasteiger partial charge in [0.25, 0.3) is 0 Å². The Balaban J connectivity index is 1.57. The van der Waals surface area contributed by atoms with E-state index in [4.69, 9.17) is 0 Å². The second-order valence-electron chi connectivity index (χ2n) is 6.58. The molecule has 99 valence electrons. The fraction of sp³-hybridized carbons (Fsp3) is 0.941. The number of hydrogen-bond donors (Lipinski definition) is 0. The monoisotopic (exact) mass is 235 g/mol. The third-order valence-corrected chi connectivity index (χ3v) is 5.21. The van der Waals surface area contributed by atoms with Crippen LogP contribution in [0.4, 0.5) is 0 Å². The summed E-state index contributed by atoms with van der Waals surface area (Å²) in [5.41, 5.74) is 0. The average Bonchev–Trinajstić information content (AvgIpc) is 2.41. The van der Waals surface area contributed by atoms with Gasteiger partial charge in [-0.2, -0.15) is 0 Å². The molecule has 1 radical (unpaired) electrons. The molecule has 0 aromatic carbocycles. The molecule has 0 bridgehead atoms. The van der Waals surface area contributed by atoms with Gasteiger partial charge in [-0.1, -0.05) is 71.1 Å². The quantitative estimate of drug-likeness (QED) is 0.555. The Hall–Kier alpha value is 0. The van der Waals surface area contributed by atoms with E-state index >= 15 is 0 Å². The summed E-state index contributed by atoms with van der Waals surface area (Å²) in [4.78, 5) is 0. The van der Waals surface area contributed by atoms with E-state index in [1.807, 2.05) is 5.92 Å². The third kappa shape index (κ3) is 4.64. The van der Waals surface area contributed by atoms with Crippen molar-refractivity contribution in [3.05, 3.63) is 5.92 Å². The molecular formula is C17H31. The smallest absolute Gasteiger partial charge is 0.0241 e. The van der Waals surface area contributed by atoms with Gasteiger partial charge in [0, 0.05) is 0 Å². The minimum absolute atomic E-state index is 1.000. The summed E-state index contributed by atoms with van der Waals surface area (Å²) >= 11 is 0. The van der Waals surface area contributed by atoms with Crippen LogP contribution in [0.25, 0.3) is 0 Å². The molecule has 1 unspecified atom stereocenters. The molecule has 0 aromatic heterocycles. The summed E-state index contributed by atoms with van der Waals surface area (Å²) in [6.07, 6.45) is 19.4. The Bertz CT molecular complexity index is 184. The van der Waals surface area contributed by atoms with Gasteiger partial charge >= 0.3 is 0 Å². The molecule has 0 amide bonds. The van der Waals surface area contributed by atoms with Crippen molar-refractivity contribution < 1.29 is 0 Å². The van der Waals surface area contributed by atoms with Crippen LogP contribution in [0, 0.1) is 17.8 Å². The molecule has 0 aliphatic heterocycles. The van der Waals surface area contributed by atoms with Crippen molar-refractivity contribution in [1.82, 2.24) is 0 Å². The zero-order valence-electron chi connectivity index (χ0n) is 11.8. The summed E-state index contributed by atoms with van der Waals surface area (Å²) in [6.45, 7) is 2.52. The van der Waals surface area contributed by atoms with E-state index in [1.165, 1.54) is 83.5 Å². The van der Waals surface area contributed by atoms with Gasteiger partial charge in [-0.3, -0.25) is 0 Å². The van der Waals surface area contributed by atoms with Gasteiger partial charge in [0.2, 0.25) is 0 Å². The van der Waals surface area contributed by atoms with E-state index in [-0.39, 0.29) is 0 Å². The molecule has 2 aliphatic carbocycles. The lowest BCUT2D eigenvalue weighted by atomic mass is 9.78. The Morgan fingerprint density at radius 1 is 0.941 bits per heavy atom. The Labute approximate surface area is 109 Å². The van der Waals surface area contributed by atoms with E-state index in [2.05, 4.69) is 6.92 Å². The van der Waals surface area contributed by atoms with Crippen molar-refractivity contribution in [2.45, 2.75) is 90.4 Å². The van der Waals surface area contributed by atoms with Crippen LogP contribution in [-0.2, 0) is 0 Å². The van der Waals surface area contributed by atoms with Crippen molar-refractivity contribution in [3.8, 4) is 0 Å². The highest BCUT2D eigenvalue weighted by Crippen LogP contribution is 2.34. The van der Waals surface area contributed by atoms with Crippen molar-refractivity contribution in [1.29, 1.82) is 0 Å². The summed E-state index contributed by atoms with van der Waals surface area (Å²) in [5, 5.41) is 0. The average molecular weight is 235 g/mol. The normalized spacial score (nSPS) is 25.9. The molecule has 0 N–H and O–H groups in total. The minimum atomic E-state index is 1.000. The maximum Gasteiger partial charge on any atom is -0.0241 e. The first-order chi connectivity index (χ1) is 8.36. The Kier molecular flexibility index (Phi) is 5.88. The second-order valence-corrected chi connectivity index (χ2v) is 6.58. The maximum absolute atomic E-state index is 2.52. The second kappa shape index (κ2) is 7.44. The van der Waals surface area contributed by atoms with Gasteiger partial charge in [0.15, 0.2) is 0 Å². The maximum atomic E-state index is 2.52. The molecule has 2 aliphatic rings. The molecule has 2 rings (SSSR count). The van der Waals surface area contributed by atoms with Crippen molar-refractivity contribution in [2.75, 3.05) is 0 Å². The van der Waals surface area contributed by atoms with Crippen LogP contribution in [0.5, 0.6) is 0 Å². The summed E-state index contributed by atoms with van der Waals surface area (Å²) in [6, 6.07) is 0. The molecule has 2 saturated carbocycles. The van der Waals surface area contributed by atoms with E-state index in [0.717, 1.165) is 11.8 Å².